The minimum atomic E-state index is -3.62. The Kier molecular flexibility index (Phi) is 7.71. The first kappa shape index (κ1) is 24.2. The number of rotatable bonds is 7. The van der Waals surface area contributed by atoms with Crippen molar-refractivity contribution in [3.8, 4) is 0 Å². The third kappa shape index (κ3) is 5.94. The van der Waals surface area contributed by atoms with Gasteiger partial charge in [-0.3, -0.25) is 9.69 Å². The number of benzene rings is 2. The number of morpholine rings is 1. The first-order chi connectivity index (χ1) is 15.8. The van der Waals surface area contributed by atoms with Crippen LogP contribution in [0, 0.1) is 0 Å². The molecule has 0 bridgehead atoms. The van der Waals surface area contributed by atoms with Crippen LogP contribution in [0.25, 0.3) is 0 Å². The van der Waals surface area contributed by atoms with Gasteiger partial charge in [-0.05, 0) is 49.1 Å². The summed E-state index contributed by atoms with van der Waals surface area (Å²) in [5.74, 6) is -0.397. The predicted molar refractivity (Wildman–Crippen MR) is 128 cm³/mol. The number of carbonyl (C=O) groups excluding carboxylic acids is 1. The normalized spacial score (nSPS) is 20.1. The van der Waals surface area contributed by atoms with Gasteiger partial charge < -0.3 is 10.1 Å². The molecule has 178 valence electrons. The summed E-state index contributed by atoms with van der Waals surface area (Å²) >= 11 is 6.24. The van der Waals surface area contributed by atoms with Gasteiger partial charge in [-0.25, -0.2) is 8.42 Å². The van der Waals surface area contributed by atoms with Crippen molar-refractivity contribution in [3.05, 3.63) is 64.2 Å². The number of nitrogens with one attached hydrogen (secondary N) is 1. The molecule has 0 radical (unpaired) electrons. The molecular weight excluding hydrogens is 462 g/mol. The Labute approximate surface area is 200 Å². The van der Waals surface area contributed by atoms with Crippen molar-refractivity contribution >= 4 is 27.5 Å². The molecule has 0 spiro atoms. The van der Waals surface area contributed by atoms with Crippen LogP contribution in [0.3, 0.4) is 0 Å². The fraction of sp³-hybridized carbons (Fsp3) is 0.458. The minimum absolute atomic E-state index is 0.0979. The maximum atomic E-state index is 12.9. The van der Waals surface area contributed by atoms with Crippen LogP contribution < -0.4 is 5.32 Å². The number of carbonyl (C=O) groups is 1. The Morgan fingerprint density at radius 2 is 1.88 bits per heavy atom. The highest BCUT2D eigenvalue weighted by Crippen LogP contribution is 2.25. The number of nitrogens with zero attached hydrogens (tertiary/aromatic N) is 2. The standard InChI is InChI=1S/C24H30ClN3O4S/c1-18-16-27(11-12-32-18)17-20-6-4-5-19(13-20)15-26-24(29)22-14-21(7-8-23(22)25)33(30,31)28-9-2-3-10-28/h4-8,13-14,18H,2-3,9-12,15-17H2,1H3,(H,26,29). The Hall–Kier alpha value is -1.97. The lowest BCUT2D eigenvalue weighted by Gasteiger charge is -2.31. The van der Waals surface area contributed by atoms with Gasteiger partial charge in [-0.2, -0.15) is 4.31 Å². The SMILES string of the molecule is CC1CN(Cc2cccc(CNC(=O)c3cc(S(=O)(=O)N4CCCC4)ccc3Cl)c2)CCO1. The van der Waals surface area contributed by atoms with E-state index in [0.717, 1.165) is 44.6 Å². The van der Waals surface area contributed by atoms with Gasteiger partial charge in [-0.15, -0.1) is 0 Å². The smallest absolute Gasteiger partial charge is 0.253 e. The molecule has 2 saturated heterocycles. The molecule has 4 rings (SSSR count). The van der Waals surface area contributed by atoms with Crippen LogP contribution in [0.4, 0.5) is 0 Å². The summed E-state index contributed by atoms with van der Waals surface area (Å²) in [4.78, 5) is 15.3. The number of ether oxygens (including phenoxy) is 1. The third-order valence-electron chi connectivity index (χ3n) is 6.06. The van der Waals surface area contributed by atoms with E-state index in [1.807, 2.05) is 12.1 Å². The first-order valence-electron chi connectivity index (χ1n) is 11.3. The van der Waals surface area contributed by atoms with Crippen LogP contribution >= 0.6 is 11.6 Å². The first-order valence-corrected chi connectivity index (χ1v) is 13.1. The van der Waals surface area contributed by atoms with Crippen LogP contribution in [0.15, 0.2) is 47.4 Å². The molecule has 1 unspecified atom stereocenters. The lowest BCUT2D eigenvalue weighted by atomic mass is 10.1. The molecule has 2 aliphatic heterocycles. The summed E-state index contributed by atoms with van der Waals surface area (Å²) in [5.41, 5.74) is 2.31. The fourth-order valence-electron chi connectivity index (χ4n) is 4.32. The summed E-state index contributed by atoms with van der Waals surface area (Å²) in [7, 11) is -3.62. The summed E-state index contributed by atoms with van der Waals surface area (Å²) in [6.07, 6.45) is 1.93. The summed E-state index contributed by atoms with van der Waals surface area (Å²) in [6.45, 7) is 6.79. The molecule has 1 atom stereocenters. The maximum absolute atomic E-state index is 12.9. The zero-order valence-corrected chi connectivity index (χ0v) is 20.4. The second-order valence-electron chi connectivity index (χ2n) is 8.67. The van der Waals surface area contributed by atoms with Crippen molar-refractivity contribution in [2.75, 3.05) is 32.8 Å². The van der Waals surface area contributed by atoms with Gasteiger partial charge in [0.05, 0.1) is 28.2 Å². The molecule has 0 aromatic heterocycles. The van der Waals surface area contributed by atoms with Crippen LogP contribution in [0.1, 0.15) is 41.3 Å². The van der Waals surface area contributed by atoms with Crippen LogP contribution in [-0.2, 0) is 27.8 Å². The Balaban J connectivity index is 1.42. The molecule has 33 heavy (non-hydrogen) atoms. The fourth-order valence-corrected chi connectivity index (χ4v) is 6.07. The largest absolute Gasteiger partial charge is 0.376 e. The van der Waals surface area contributed by atoms with E-state index in [4.69, 9.17) is 16.3 Å². The number of hydrogen-bond donors (Lipinski definition) is 1. The van der Waals surface area contributed by atoms with E-state index in [2.05, 4.69) is 29.3 Å². The van der Waals surface area contributed by atoms with E-state index >= 15 is 0 Å². The highest BCUT2D eigenvalue weighted by Gasteiger charge is 2.28. The van der Waals surface area contributed by atoms with Gasteiger partial charge in [0.25, 0.3) is 5.91 Å². The molecule has 2 aliphatic rings. The van der Waals surface area contributed by atoms with Gasteiger partial charge in [0.2, 0.25) is 10.0 Å². The van der Waals surface area contributed by atoms with E-state index in [-0.39, 0.29) is 21.6 Å². The molecule has 9 heteroatoms. The lowest BCUT2D eigenvalue weighted by molar-refractivity contribution is -0.0212. The molecule has 1 amide bonds. The maximum Gasteiger partial charge on any atom is 0.253 e. The minimum Gasteiger partial charge on any atom is -0.376 e. The monoisotopic (exact) mass is 491 g/mol. The average Bonchev–Trinajstić information content (AvgIpc) is 3.34. The summed E-state index contributed by atoms with van der Waals surface area (Å²) in [6, 6.07) is 12.4. The molecule has 7 nitrogen and oxygen atoms in total. The third-order valence-corrected chi connectivity index (χ3v) is 8.29. The van der Waals surface area contributed by atoms with Crippen LogP contribution in [0.2, 0.25) is 5.02 Å². The highest BCUT2D eigenvalue weighted by molar-refractivity contribution is 7.89. The van der Waals surface area contributed by atoms with E-state index in [1.54, 1.807) is 0 Å². The zero-order valence-electron chi connectivity index (χ0n) is 18.8. The van der Waals surface area contributed by atoms with Crippen molar-refractivity contribution < 1.29 is 17.9 Å². The topological polar surface area (TPSA) is 79.0 Å². The van der Waals surface area contributed by atoms with Crippen LogP contribution in [-0.4, -0.2) is 62.4 Å². The van der Waals surface area contributed by atoms with Gasteiger partial charge in [0, 0.05) is 39.3 Å². The molecule has 2 aromatic carbocycles. The highest BCUT2D eigenvalue weighted by atomic mass is 35.5. The van der Waals surface area contributed by atoms with E-state index in [0.29, 0.717) is 19.6 Å². The van der Waals surface area contributed by atoms with Gasteiger partial charge in [0.15, 0.2) is 0 Å². The van der Waals surface area contributed by atoms with Crippen molar-refractivity contribution in [2.24, 2.45) is 0 Å². The quantitative estimate of drug-likeness (QED) is 0.643. The molecule has 0 saturated carbocycles. The molecule has 1 N–H and O–H groups in total. The Bertz CT molecular complexity index is 1100. The van der Waals surface area contributed by atoms with Crippen molar-refractivity contribution in [3.63, 3.8) is 0 Å². The second kappa shape index (κ2) is 10.5. The molecule has 2 fully saturated rings. The summed E-state index contributed by atoms with van der Waals surface area (Å²) in [5, 5.41) is 3.10. The van der Waals surface area contributed by atoms with Crippen molar-refractivity contribution in [1.29, 1.82) is 0 Å². The van der Waals surface area contributed by atoms with Crippen LogP contribution in [0.5, 0.6) is 0 Å². The average molecular weight is 492 g/mol. The Morgan fingerprint density at radius 1 is 1.12 bits per heavy atom. The number of amides is 1. The van der Waals surface area contributed by atoms with Gasteiger partial charge >= 0.3 is 0 Å². The van der Waals surface area contributed by atoms with E-state index in [9.17, 15) is 13.2 Å². The zero-order chi connectivity index (χ0) is 23.4. The van der Waals surface area contributed by atoms with Crippen molar-refractivity contribution in [2.45, 2.75) is 43.9 Å². The van der Waals surface area contributed by atoms with E-state index < -0.39 is 15.9 Å². The molecule has 2 aromatic rings. The number of hydrogen-bond acceptors (Lipinski definition) is 5. The predicted octanol–water partition coefficient (Wildman–Crippen LogP) is 3.28. The van der Waals surface area contributed by atoms with E-state index in [1.165, 1.54) is 28.1 Å². The lowest BCUT2D eigenvalue weighted by Crippen LogP contribution is -2.40. The molecule has 2 heterocycles. The second-order valence-corrected chi connectivity index (χ2v) is 11.0. The number of halogens is 1. The number of sulfonamides is 1. The summed E-state index contributed by atoms with van der Waals surface area (Å²) < 4.78 is 32.8. The van der Waals surface area contributed by atoms with Gasteiger partial charge in [0.1, 0.15) is 0 Å². The molecular formula is C24H30ClN3O4S. The van der Waals surface area contributed by atoms with Gasteiger partial charge in [-0.1, -0.05) is 35.9 Å². The Morgan fingerprint density at radius 3 is 2.64 bits per heavy atom. The van der Waals surface area contributed by atoms with Crippen molar-refractivity contribution in [1.82, 2.24) is 14.5 Å². The molecule has 0 aliphatic carbocycles.